The molecule has 0 aromatic heterocycles. The van der Waals surface area contributed by atoms with Gasteiger partial charge in [-0.1, -0.05) is 39.3 Å². The van der Waals surface area contributed by atoms with Crippen LogP contribution < -0.4 is 0 Å². The van der Waals surface area contributed by atoms with Crippen molar-refractivity contribution in [2.45, 2.75) is 33.1 Å². The second-order valence-electron chi connectivity index (χ2n) is 5.09. The molecular formula is C16H23Zr. The summed E-state index contributed by atoms with van der Waals surface area (Å²) in [6, 6.07) is 11.1. The molecule has 0 aliphatic heterocycles. The van der Waals surface area contributed by atoms with Crippen LogP contribution in [0.2, 0.25) is 0 Å². The maximum absolute atomic E-state index is 2.29. The van der Waals surface area contributed by atoms with Crippen LogP contribution in [0.5, 0.6) is 0 Å². The van der Waals surface area contributed by atoms with Gasteiger partial charge in [0.15, 0.2) is 0 Å². The van der Waals surface area contributed by atoms with Gasteiger partial charge in [-0.15, -0.1) is 34.5 Å². The summed E-state index contributed by atoms with van der Waals surface area (Å²) in [7, 11) is 0. The van der Waals surface area contributed by atoms with Gasteiger partial charge >= 0.3 is 26.2 Å². The molecule has 17 heavy (non-hydrogen) atoms. The molecule has 0 heterocycles. The van der Waals surface area contributed by atoms with Crippen molar-refractivity contribution in [3.63, 3.8) is 0 Å². The van der Waals surface area contributed by atoms with Crippen molar-refractivity contribution in [2.75, 3.05) is 0 Å². The molecule has 0 spiro atoms. The van der Waals surface area contributed by atoms with Crippen LogP contribution in [-0.4, -0.2) is 0 Å². The minimum absolute atomic E-state index is 0. The fourth-order valence-electron chi connectivity index (χ4n) is 2.04. The third kappa shape index (κ3) is 3.85. The van der Waals surface area contributed by atoms with Gasteiger partial charge in [-0.05, 0) is 5.41 Å². The van der Waals surface area contributed by atoms with E-state index in [0.717, 1.165) is 0 Å². The van der Waals surface area contributed by atoms with Crippen LogP contribution in [0.4, 0.5) is 0 Å². The molecule has 0 N–H and O–H groups in total. The smallest absolute Gasteiger partial charge is 0.358 e. The summed E-state index contributed by atoms with van der Waals surface area (Å²) in [6.07, 6.45) is 0. The van der Waals surface area contributed by atoms with Crippen molar-refractivity contribution >= 4 is 10.8 Å². The van der Waals surface area contributed by atoms with Crippen LogP contribution in [0.3, 0.4) is 0 Å². The molecule has 0 fully saturated rings. The maximum atomic E-state index is 2.29. The van der Waals surface area contributed by atoms with E-state index < -0.39 is 0 Å². The first kappa shape index (κ1) is 19.1. The molecule has 0 saturated carbocycles. The number of fused-ring (bicyclic) bond motifs is 1. The Labute approximate surface area is 126 Å². The molecule has 2 rings (SSSR count). The minimum Gasteiger partial charge on any atom is -0.358 e. The van der Waals surface area contributed by atoms with Crippen molar-refractivity contribution in [2.24, 2.45) is 0 Å². The van der Waals surface area contributed by atoms with Crippen LogP contribution in [0.25, 0.3) is 10.8 Å². The van der Waals surface area contributed by atoms with Gasteiger partial charge in [0.25, 0.3) is 0 Å². The van der Waals surface area contributed by atoms with Gasteiger partial charge in [0.1, 0.15) is 0 Å². The summed E-state index contributed by atoms with van der Waals surface area (Å²) in [5.74, 6) is 0. The number of hydrogen-bond acceptors (Lipinski definition) is 0. The van der Waals surface area contributed by atoms with Gasteiger partial charge in [-0.2, -0.15) is 6.07 Å². The molecule has 1 radical (unpaired) electrons. The van der Waals surface area contributed by atoms with Crippen molar-refractivity contribution in [1.29, 1.82) is 0 Å². The number of benzene rings is 1. The normalized spacial score (nSPS) is 10.1. The standard InChI is InChI=1S/C14H17.2CH3.Zr/c1-10-8-11-6-5-7-13(12(11)9-10)14(2,3)4;;;/h5-9H,1-4H3;2*1H3;/q3*-1;+3. The molecule has 2 aromatic carbocycles. The molecule has 0 amide bonds. The number of rotatable bonds is 0. The first-order valence-corrected chi connectivity index (χ1v) is 5.15. The summed E-state index contributed by atoms with van der Waals surface area (Å²) >= 11 is 0. The van der Waals surface area contributed by atoms with Gasteiger partial charge in [-0.3, -0.25) is 0 Å². The van der Waals surface area contributed by atoms with Gasteiger partial charge in [0, 0.05) is 0 Å². The average Bonchev–Trinajstić information content (AvgIpc) is 2.41. The van der Waals surface area contributed by atoms with E-state index >= 15 is 0 Å². The second kappa shape index (κ2) is 6.59. The van der Waals surface area contributed by atoms with Crippen molar-refractivity contribution < 1.29 is 26.2 Å². The topological polar surface area (TPSA) is 0 Å². The first-order valence-electron chi connectivity index (χ1n) is 5.15. The van der Waals surface area contributed by atoms with E-state index in [9.17, 15) is 0 Å². The molecular weight excluding hydrogens is 283 g/mol. The van der Waals surface area contributed by atoms with Crippen LogP contribution in [0, 0.1) is 21.8 Å². The Hall–Kier alpha value is -0.287. The zero-order chi connectivity index (χ0) is 10.3. The van der Waals surface area contributed by atoms with Crippen LogP contribution >= 0.6 is 0 Å². The van der Waals surface area contributed by atoms with Crippen molar-refractivity contribution in [3.8, 4) is 0 Å². The molecule has 0 atom stereocenters. The Bertz CT molecular complexity index is 458. The third-order valence-corrected chi connectivity index (χ3v) is 2.70. The quantitative estimate of drug-likeness (QED) is 0.597. The van der Waals surface area contributed by atoms with E-state index in [1.165, 1.54) is 21.9 Å². The number of aryl methyl sites for hydroxylation is 1. The molecule has 0 nitrogen and oxygen atoms in total. The van der Waals surface area contributed by atoms with Gasteiger partial charge in [0.2, 0.25) is 0 Å². The molecule has 0 aliphatic rings. The molecule has 0 unspecified atom stereocenters. The zero-order valence-electron chi connectivity index (χ0n) is 11.9. The van der Waals surface area contributed by atoms with Gasteiger partial charge in [-0.25, -0.2) is 0 Å². The Morgan fingerprint density at radius 2 is 1.65 bits per heavy atom. The monoisotopic (exact) mass is 305 g/mol. The molecule has 1 heteroatoms. The van der Waals surface area contributed by atoms with E-state index in [2.05, 4.69) is 58.0 Å². The first-order chi connectivity index (χ1) is 6.48. The van der Waals surface area contributed by atoms with Crippen LogP contribution in [-0.2, 0) is 31.6 Å². The van der Waals surface area contributed by atoms with Gasteiger partial charge in [0.05, 0.1) is 0 Å². The Morgan fingerprint density at radius 1 is 1.06 bits per heavy atom. The fourth-order valence-corrected chi connectivity index (χ4v) is 2.04. The second-order valence-corrected chi connectivity index (χ2v) is 5.09. The predicted octanol–water partition coefficient (Wildman–Crippen LogP) is 5.06. The van der Waals surface area contributed by atoms with E-state index in [0.29, 0.717) is 0 Å². The average molecular weight is 307 g/mol. The largest absolute Gasteiger partial charge is 3.00 e. The third-order valence-electron chi connectivity index (χ3n) is 2.70. The Kier molecular flexibility index (Phi) is 7.39. The van der Waals surface area contributed by atoms with Crippen LogP contribution in [0.1, 0.15) is 31.9 Å². The Balaban J connectivity index is 0. The van der Waals surface area contributed by atoms with E-state index in [-0.39, 0.29) is 46.5 Å². The molecule has 2 aromatic rings. The van der Waals surface area contributed by atoms with Crippen molar-refractivity contribution in [1.82, 2.24) is 0 Å². The van der Waals surface area contributed by atoms with Gasteiger partial charge < -0.3 is 14.9 Å². The van der Waals surface area contributed by atoms with E-state index in [4.69, 9.17) is 0 Å². The summed E-state index contributed by atoms with van der Waals surface area (Å²) in [6.45, 7) is 8.96. The molecule has 91 valence electrons. The van der Waals surface area contributed by atoms with E-state index in [1.54, 1.807) is 0 Å². The number of hydrogen-bond donors (Lipinski definition) is 0. The van der Waals surface area contributed by atoms with Crippen LogP contribution in [0.15, 0.2) is 30.3 Å². The molecule has 0 aliphatic carbocycles. The minimum atomic E-state index is 0. The summed E-state index contributed by atoms with van der Waals surface area (Å²) in [5.41, 5.74) is 3.04. The SMILES string of the molecule is Cc1cc2c(C(C)(C)C)cccc2[cH-]1.[CH3-].[CH3-].[Zr+3]. The fraction of sp³-hybridized carbons (Fsp3) is 0.312. The summed E-state index contributed by atoms with van der Waals surface area (Å²) < 4.78 is 0. The molecule has 0 saturated heterocycles. The summed E-state index contributed by atoms with van der Waals surface area (Å²) in [4.78, 5) is 0. The van der Waals surface area contributed by atoms with Crippen molar-refractivity contribution in [3.05, 3.63) is 56.3 Å². The summed E-state index contributed by atoms with van der Waals surface area (Å²) in [5, 5.41) is 2.78. The Morgan fingerprint density at radius 3 is 2.18 bits per heavy atom. The zero-order valence-corrected chi connectivity index (χ0v) is 14.3. The maximum Gasteiger partial charge on any atom is 3.00 e. The predicted molar refractivity (Wildman–Crippen MR) is 75.8 cm³/mol. The van der Waals surface area contributed by atoms with E-state index in [1.807, 2.05) is 0 Å². The molecule has 0 bridgehead atoms.